The van der Waals surface area contributed by atoms with Gasteiger partial charge in [-0.15, -0.1) is 0 Å². The predicted molar refractivity (Wildman–Crippen MR) is 99.7 cm³/mol. The lowest BCUT2D eigenvalue weighted by Gasteiger charge is -2.08. The molecule has 0 atom stereocenters. The van der Waals surface area contributed by atoms with Gasteiger partial charge >= 0.3 is 0 Å². The molecule has 0 aliphatic heterocycles. The number of carbonyl (C=O) groups excluding carboxylic acids is 1. The average Bonchev–Trinajstić information content (AvgIpc) is 3.09. The van der Waals surface area contributed by atoms with Crippen molar-refractivity contribution in [2.75, 3.05) is 5.32 Å². The number of aromatic nitrogens is 1. The summed E-state index contributed by atoms with van der Waals surface area (Å²) in [6, 6.07) is 15.2. The van der Waals surface area contributed by atoms with Crippen molar-refractivity contribution in [1.29, 1.82) is 0 Å². The standard InChI is InChI=1S/C20H19ClN2O2/c1-2-14-7-3-6-10-17(14)23-19(24)11-12-20-22-13-18(25-20)15-8-4-5-9-16(15)21/h3-10,13H,2,11-12H2,1H3,(H,23,24). The van der Waals surface area contributed by atoms with Crippen LogP contribution in [0.4, 0.5) is 5.69 Å². The predicted octanol–water partition coefficient (Wildman–Crippen LogP) is 5.13. The maximum absolute atomic E-state index is 12.2. The Bertz CT molecular complexity index is 873. The molecule has 1 amide bonds. The number of benzene rings is 2. The van der Waals surface area contributed by atoms with Gasteiger partial charge in [0.1, 0.15) is 0 Å². The van der Waals surface area contributed by atoms with Gasteiger partial charge in [0.15, 0.2) is 11.7 Å². The number of nitrogens with one attached hydrogen (secondary N) is 1. The molecule has 0 fully saturated rings. The van der Waals surface area contributed by atoms with Gasteiger partial charge in [-0.25, -0.2) is 4.98 Å². The van der Waals surface area contributed by atoms with Crippen molar-refractivity contribution in [2.24, 2.45) is 0 Å². The Morgan fingerprint density at radius 3 is 2.72 bits per heavy atom. The van der Waals surface area contributed by atoms with E-state index in [0.717, 1.165) is 23.2 Å². The molecule has 0 aliphatic rings. The summed E-state index contributed by atoms with van der Waals surface area (Å²) >= 11 is 6.16. The molecule has 128 valence electrons. The molecule has 0 radical (unpaired) electrons. The van der Waals surface area contributed by atoms with Crippen LogP contribution in [0, 0.1) is 0 Å². The molecule has 2 aromatic carbocycles. The number of nitrogens with zero attached hydrogens (tertiary/aromatic N) is 1. The normalized spacial score (nSPS) is 10.6. The molecule has 25 heavy (non-hydrogen) atoms. The van der Waals surface area contributed by atoms with Crippen LogP contribution >= 0.6 is 11.6 Å². The molecule has 0 saturated heterocycles. The number of anilines is 1. The van der Waals surface area contributed by atoms with Crippen LogP contribution in [-0.4, -0.2) is 10.9 Å². The number of aryl methyl sites for hydroxylation is 2. The van der Waals surface area contributed by atoms with Crippen LogP contribution in [0.3, 0.4) is 0 Å². The van der Waals surface area contributed by atoms with E-state index in [9.17, 15) is 4.79 Å². The second-order valence-electron chi connectivity index (χ2n) is 5.66. The van der Waals surface area contributed by atoms with E-state index in [-0.39, 0.29) is 5.91 Å². The highest BCUT2D eigenvalue weighted by Crippen LogP contribution is 2.28. The molecule has 1 heterocycles. The third kappa shape index (κ3) is 4.28. The number of hydrogen-bond acceptors (Lipinski definition) is 3. The van der Waals surface area contributed by atoms with E-state index >= 15 is 0 Å². The van der Waals surface area contributed by atoms with Crippen molar-refractivity contribution >= 4 is 23.2 Å². The third-order valence-electron chi connectivity index (χ3n) is 3.93. The van der Waals surface area contributed by atoms with Crippen molar-refractivity contribution in [2.45, 2.75) is 26.2 Å². The molecular formula is C20H19ClN2O2. The highest BCUT2D eigenvalue weighted by molar-refractivity contribution is 6.33. The molecule has 1 aromatic heterocycles. The van der Waals surface area contributed by atoms with Gasteiger partial charge < -0.3 is 9.73 Å². The molecule has 0 saturated carbocycles. The Morgan fingerprint density at radius 1 is 1.16 bits per heavy atom. The first-order valence-electron chi connectivity index (χ1n) is 8.24. The van der Waals surface area contributed by atoms with Gasteiger partial charge in [0.2, 0.25) is 5.91 Å². The number of hydrogen-bond donors (Lipinski definition) is 1. The summed E-state index contributed by atoms with van der Waals surface area (Å²) in [5.41, 5.74) is 2.77. The Balaban J connectivity index is 1.61. The lowest BCUT2D eigenvalue weighted by Crippen LogP contribution is -2.13. The summed E-state index contributed by atoms with van der Waals surface area (Å²) in [5.74, 6) is 1.07. The number of para-hydroxylation sites is 1. The zero-order valence-electron chi connectivity index (χ0n) is 14.0. The SMILES string of the molecule is CCc1ccccc1NC(=O)CCc1ncc(-c2ccccc2Cl)o1. The van der Waals surface area contributed by atoms with E-state index in [1.165, 1.54) is 0 Å². The molecule has 5 heteroatoms. The second kappa shape index (κ2) is 7.99. The summed E-state index contributed by atoms with van der Waals surface area (Å²) < 4.78 is 5.72. The van der Waals surface area contributed by atoms with E-state index < -0.39 is 0 Å². The van der Waals surface area contributed by atoms with Crippen LogP contribution in [0.25, 0.3) is 11.3 Å². The van der Waals surface area contributed by atoms with Gasteiger partial charge in [-0.2, -0.15) is 0 Å². The van der Waals surface area contributed by atoms with E-state index in [2.05, 4.69) is 17.2 Å². The van der Waals surface area contributed by atoms with Crippen molar-refractivity contribution in [3.05, 3.63) is 71.2 Å². The first-order chi connectivity index (χ1) is 12.2. The minimum atomic E-state index is -0.0570. The smallest absolute Gasteiger partial charge is 0.224 e. The minimum Gasteiger partial charge on any atom is -0.441 e. The minimum absolute atomic E-state index is 0.0570. The summed E-state index contributed by atoms with van der Waals surface area (Å²) in [6.45, 7) is 2.06. The second-order valence-corrected chi connectivity index (χ2v) is 6.06. The Kier molecular flexibility index (Phi) is 5.51. The molecule has 4 nitrogen and oxygen atoms in total. The fourth-order valence-electron chi connectivity index (χ4n) is 2.60. The van der Waals surface area contributed by atoms with Gasteiger partial charge in [0, 0.05) is 24.1 Å². The highest BCUT2D eigenvalue weighted by Gasteiger charge is 2.11. The summed E-state index contributed by atoms with van der Waals surface area (Å²) in [5, 5.41) is 3.56. The Morgan fingerprint density at radius 2 is 1.92 bits per heavy atom. The summed E-state index contributed by atoms with van der Waals surface area (Å²) in [6.07, 6.45) is 3.25. The summed E-state index contributed by atoms with van der Waals surface area (Å²) in [4.78, 5) is 16.4. The maximum Gasteiger partial charge on any atom is 0.224 e. The first-order valence-corrected chi connectivity index (χ1v) is 8.62. The quantitative estimate of drug-likeness (QED) is 0.667. The number of carbonyl (C=O) groups is 1. The molecule has 1 N–H and O–H groups in total. The molecule has 0 spiro atoms. The molecule has 0 bridgehead atoms. The van der Waals surface area contributed by atoms with Crippen molar-refractivity contribution in [1.82, 2.24) is 4.98 Å². The van der Waals surface area contributed by atoms with Crippen LogP contribution in [0.1, 0.15) is 24.8 Å². The van der Waals surface area contributed by atoms with E-state index in [1.54, 1.807) is 12.3 Å². The van der Waals surface area contributed by atoms with Crippen LogP contribution in [0.2, 0.25) is 5.02 Å². The van der Waals surface area contributed by atoms with Gasteiger partial charge in [0.25, 0.3) is 0 Å². The Hall–Kier alpha value is -2.59. The number of rotatable bonds is 6. The van der Waals surface area contributed by atoms with Crippen LogP contribution in [0.5, 0.6) is 0 Å². The fourth-order valence-corrected chi connectivity index (χ4v) is 2.82. The van der Waals surface area contributed by atoms with Crippen LogP contribution in [0.15, 0.2) is 59.1 Å². The summed E-state index contributed by atoms with van der Waals surface area (Å²) in [7, 11) is 0. The molecule has 3 rings (SSSR count). The lowest BCUT2D eigenvalue weighted by atomic mass is 10.1. The average molecular weight is 355 g/mol. The van der Waals surface area contributed by atoms with Crippen LogP contribution in [-0.2, 0) is 17.6 Å². The van der Waals surface area contributed by atoms with Crippen LogP contribution < -0.4 is 5.32 Å². The van der Waals surface area contributed by atoms with E-state index in [4.69, 9.17) is 16.0 Å². The zero-order valence-corrected chi connectivity index (χ0v) is 14.7. The molecule has 0 unspecified atom stereocenters. The number of halogens is 1. The maximum atomic E-state index is 12.2. The monoisotopic (exact) mass is 354 g/mol. The Labute approximate surface area is 151 Å². The lowest BCUT2D eigenvalue weighted by molar-refractivity contribution is -0.116. The molecule has 0 aliphatic carbocycles. The number of oxazole rings is 1. The van der Waals surface area contributed by atoms with E-state index in [0.29, 0.717) is 29.5 Å². The van der Waals surface area contributed by atoms with Crippen molar-refractivity contribution in [3.8, 4) is 11.3 Å². The highest BCUT2D eigenvalue weighted by atomic mass is 35.5. The molecule has 3 aromatic rings. The largest absolute Gasteiger partial charge is 0.441 e. The fraction of sp³-hybridized carbons (Fsp3) is 0.200. The topological polar surface area (TPSA) is 55.1 Å². The number of amides is 1. The van der Waals surface area contributed by atoms with E-state index in [1.807, 2.05) is 42.5 Å². The zero-order chi connectivity index (χ0) is 17.6. The molecular weight excluding hydrogens is 336 g/mol. The first kappa shape index (κ1) is 17.2. The van der Waals surface area contributed by atoms with Gasteiger partial charge in [0.05, 0.1) is 11.2 Å². The third-order valence-corrected chi connectivity index (χ3v) is 4.26. The van der Waals surface area contributed by atoms with Gasteiger partial charge in [-0.3, -0.25) is 4.79 Å². The van der Waals surface area contributed by atoms with Crippen molar-refractivity contribution < 1.29 is 9.21 Å². The van der Waals surface area contributed by atoms with Gasteiger partial charge in [-0.1, -0.05) is 48.9 Å². The van der Waals surface area contributed by atoms with Gasteiger partial charge in [-0.05, 0) is 30.2 Å². The van der Waals surface area contributed by atoms with Crippen molar-refractivity contribution in [3.63, 3.8) is 0 Å².